The number of sulfonamides is 1. The van der Waals surface area contributed by atoms with E-state index in [0.717, 1.165) is 32.3 Å². The molecule has 0 aliphatic rings. The third kappa shape index (κ3) is 6.99. The summed E-state index contributed by atoms with van der Waals surface area (Å²) in [6.45, 7) is 8.93. The van der Waals surface area contributed by atoms with Crippen molar-refractivity contribution in [2.75, 3.05) is 36.9 Å². The van der Waals surface area contributed by atoms with E-state index in [1.807, 2.05) is 52.8 Å². The fraction of sp³-hybridized carbons (Fsp3) is 0.310. The van der Waals surface area contributed by atoms with Gasteiger partial charge in [-0.15, -0.1) is 0 Å². The first kappa shape index (κ1) is 30.2. The highest BCUT2D eigenvalue weighted by molar-refractivity contribution is 9.10. The molecule has 10 heteroatoms. The summed E-state index contributed by atoms with van der Waals surface area (Å²) in [7, 11) is -0.753. The average Bonchev–Trinajstić information content (AvgIpc) is 2.87. The standard InChI is InChI=1S/C29H34BrN3O5S/c1-18-14-19(2)22(5)29(21(18)4)39(36,37)33(7)24-9-11-25(12-10-24)38-17-28(35)32(6)16-27(34)31-26-13-8-23(30)15-20(26)3/h8-15H,16-17H2,1-7H3,(H,31,34). The lowest BCUT2D eigenvalue weighted by atomic mass is 10.0. The molecule has 0 aliphatic carbocycles. The van der Waals surface area contributed by atoms with Gasteiger partial charge in [0.1, 0.15) is 5.75 Å². The van der Waals surface area contributed by atoms with Crippen molar-refractivity contribution in [1.29, 1.82) is 0 Å². The molecule has 208 valence electrons. The van der Waals surface area contributed by atoms with Gasteiger partial charge in [0.15, 0.2) is 6.61 Å². The summed E-state index contributed by atoms with van der Waals surface area (Å²) in [4.78, 5) is 26.5. The molecule has 0 unspecified atom stereocenters. The molecule has 3 aromatic carbocycles. The van der Waals surface area contributed by atoms with Crippen LogP contribution in [0.5, 0.6) is 5.75 Å². The van der Waals surface area contributed by atoms with Crippen LogP contribution in [0, 0.1) is 34.6 Å². The quantitative estimate of drug-likeness (QED) is 0.353. The van der Waals surface area contributed by atoms with Crippen LogP contribution in [0.2, 0.25) is 0 Å². The van der Waals surface area contributed by atoms with E-state index in [1.54, 1.807) is 30.3 Å². The number of anilines is 2. The molecule has 0 atom stereocenters. The van der Waals surface area contributed by atoms with Gasteiger partial charge in [0.05, 0.1) is 17.1 Å². The monoisotopic (exact) mass is 615 g/mol. The second-order valence-corrected chi connectivity index (χ2v) is 12.4. The van der Waals surface area contributed by atoms with E-state index in [-0.39, 0.29) is 25.0 Å². The zero-order chi connectivity index (χ0) is 29.1. The fourth-order valence-corrected chi connectivity index (χ4v) is 6.36. The first-order valence-corrected chi connectivity index (χ1v) is 14.5. The molecule has 3 aromatic rings. The molecule has 0 fully saturated rings. The van der Waals surface area contributed by atoms with Gasteiger partial charge in [-0.3, -0.25) is 13.9 Å². The predicted molar refractivity (Wildman–Crippen MR) is 158 cm³/mol. The summed E-state index contributed by atoms with van der Waals surface area (Å²) < 4.78 is 34.8. The van der Waals surface area contributed by atoms with Crippen LogP contribution in [0.4, 0.5) is 11.4 Å². The number of rotatable bonds is 9. The summed E-state index contributed by atoms with van der Waals surface area (Å²) in [6.07, 6.45) is 0. The molecule has 3 rings (SSSR count). The number of halogens is 1. The van der Waals surface area contributed by atoms with E-state index in [0.29, 0.717) is 22.0 Å². The van der Waals surface area contributed by atoms with Gasteiger partial charge < -0.3 is 15.0 Å². The number of likely N-dealkylation sites (N-methyl/N-ethyl adjacent to an activating group) is 1. The molecule has 8 nitrogen and oxygen atoms in total. The minimum Gasteiger partial charge on any atom is -0.484 e. The minimum absolute atomic E-state index is 0.128. The van der Waals surface area contributed by atoms with Crippen LogP contribution >= 0.6 is 15.9 Å². The molecule has 0 saturated heterocycles. The number of ether oxygens (including phenoxy) is 1. The Morgan fingerprint density at radius 1 is 0.872 bits per heavy atom. The summed E-state index contributed by atoms with van der Waals surface area (Å²) in [5.41, 5.74) is 5.34. The molecule has 0 bridgehead atoms. The van der Waals surface area contributed by atoms with Crippen LogP contribution in [-0.2, 0) is 19.6 Å². The summed E-state index contributed by atoms with van der Waals surface area (Å²) in [5, 5.41) is 2.80. The molecule has 0 radical (unpaired) electrons. The summed E-state index contributed by atoms with van der Waals surface area (Å²) >= 11 is 3.39. The minimum atomic E-state index is -3.80. The first-order valence-electron chi connectivity index (χ1n) is 12.3. The predicted octanol–water partition coefficient (Wildman–Crippen LogP) is 5.29. The largest absolute Gasteiger partial charge is 0.484 e. The van der Waals surface area contributed by atoms with Crippen molar-refractivity contribution >= 4 is 49.1 Å². The second kappa shape index (κ2) is 12.2. The zero-order valence-electron chi connectivity index (χ0n) is 23.3. The Kier molecular flexibility index (Phi) is 9.45. The lowest BCUT2D eigenvalue weighted by Crippen LogP contribution is -2.37. The SMILES string of the molecule is Cc1cc(Br)ccc1NC(=O)CN(C)C(=O)COc1ccc(N(C)S(=O)(=O)c2c(C)c(C)cc(C)c2C)cc1. The Balaban J connectivity index is 1.61. The Hall–Kier alpha value is -3.37. The third-order valence-corrected chi connectivity index (χ3v) is 9.30. The maximum Gasteiger partial charge on any atom is 0.264 e. The van der Waals surface area contributed by atoms with E-state index in [9.17, 15) is 18.0 Å². The van der Waals surface area contributed by atoms with Crippen molar-refractivity contribution in [2.45, 2.75) is 39.5 Å². The third-order valence-electron chi connectivity index (χ3n) is 6.75. The molecule has 0 saturated carbocycles. The Morgan fingerprint density at radius 3 is 2.03 bits per heavy atom. The number of benzene rings is 3. The number of amides is 2. The van der Waals surface area contributed by atoms with Crippen LogP contribution in [0.15, 0.2) is 57.9 Å². The van der Waals surface area contributed by atoms with Gasteiger partial charge in [0.25, 0.3) is 15.9 Å². The fourth-order valence-electron chi connectivity index (χ4n) is 4.11. The molecule has 0 aromatic heterocycles. The Bertz CT molecular complexity index is 1480. The molecule has 0 heterocycles. The number of aryl methyl sites for hydroxylation is 3. The van der Waals surface area contributed by atoms with E-state index < -0.39 is 10.0 Å². The highest BCUT2D eigenvalue weighted by Crippen LogP contribution is 2.31. The Labute approximate surface area is 239 Å². The van der Waals surface area contributed by atoms with Crippen molar-refractivity contribution in [3.63, 3.8) is 0 Å². The highest BCUT2D eigenvalue weighted by atomic mass is 79.9. The second-order valence-electron chi connectivity index (χ2n) is 9.60. The van der Waals surface area contributed by atoms with E-state index in [1.165, 1.54) is 23.3 Å². The van der Waals surface area contributed by atoms with Crippen LogP contribution < -0.4 is 14.4 Å². The molecule has 0 spiro atoms. The maximum atomic E-state index is 13.5. The van der Waals surface area contributed by atoms with Crippen molar-refractivity contribution < 1.29 is 22.7 Å². The van der Waals surface area contributed by atoms with Crippen LogP contribution in [0.25, 0.3) is 0 Å². The maximum absolute atomic E-state index is 13.5. The smallest absolute Gasteiger partial charge is 0.264 e. The number of carbonyl (C=O) groups excluding carboxylic acids is 2. The van der Waals surface area contributed by atoms with Crippen LogP contribution in [0.3, 0.4) is 0 Å². The Morgan fingerprint density at radius 2 is 1.46 bits per heavy atom. The van der Waals surface area contributed by atoms with Crippen molar-refractivity contribution in [3.8, 4) is 5.75 Å². The number of hydrogen-bond acceptors (Lipinski definition) is 5. The molecule has 39 heavy (non-hydrogen) atoms. The van der Waals surface area contributed by atoms with Crippen LogP contribution in [0.1, 0.15) is 27.8 Å². The number of hydrogen-bond donors (Lipinski definition) is 1. The normalized spacial score (nSPS) is 11.2. The molecular formula is C29H34BrN3O5S. The van der Waals surface area contributed by atoms with Gasteiger partial charge in [-0.05, 0) is 105 Å². The lowest BCUT2D eigenvalue weighted by Gasteiger charge is -2.24. The molecule has 1 N–H and O–H groups in total. The van der Waals surface area contributed by atoms with Gasteiger partial charge in [-0.1, -0.05) is 22.0 Å². The van der Waals surface area contributed by atoms with Gasteiger partial charge in [-0.25, -0.2) is 8.42 Å². The molecule has 0 aliphatic heterocycles. The van der Waals surface area contributed by atoms with Gasteiger partial charge in [0, 0.05) is 24.3 Å². The molecular weight excluding hydrogens is 582 g/mol. The van der Waals surface area contributed by atoms with Crippen molar-refractivity contribution in [1.82, 2.24) is 4.90 Å². The number of nitrogens with one attached hydrogen (secondary N) is 1. The van der Waals surface area contributed by atoms with Crippen molar-refractivity contribution in [3.05, 3.63) is 80.8 Å². The average molecular weight is 617 g/mol. The zero-order valence-corrected chi connectivity index (χ0v) is 25.7. The van der Waals surface area contributed by atoms with Crippen molar-refractivity contribution in [2.24, 2.45) is 0 Å². The first-order chi connectivity index (χ1) is 18.2. The summed E-state index contributed by atoms with van der Waals surface area (Å²) in [5.74, 6) is -0.290. The van der Waals surface area contributed by atoms with E-state index in [2.05, 4.69) is 21.2 Å². The highest BCUT2D eigenvalue weighted by Gasteiger charge is 2.27. The summed E-state index contributed by atoms with van der Waals surface area (Å²) in [6, 6.07) is 14.0. The number of carbonyl (C=O) groups is 2. The van der Waals surface area contributed by atoms with Gasteiger partial charge in [-0.2, -0.15) is 0 Å². The lowest BCUT2D eigenvalue weighted by molar-refractivity contribution is -0.135. The van der Waals surface area contributed by atoms with E-state index in [4.69, 9.17) is 4.74 Å². The van der Waals surface area contributed by atoms with Gasteiger partial charge >= 0.3 is 0 Å². The van der Waals surface area contributed by atoms with E-state index >= 15 is 0 Å². The van der Waals surface area contributed by atoms with Crippen LogP contribution in [-0.4, -0.2) is 52.4 Å². The molecule has 2 amide bonds. The van der Waals surface area contributed by atoms with Gasteiger partial charge in [0.2, 0.25) is 5.91 Å². The number of nitrogens with zero attached hydrogens (tertiary/aromatic N) is 2. The topological polar surface area (TPSA) is 96.0 Å².